The van der Waals surface area contributed by atoms with E-state index in [2.05, 4.69) is 9.88 Å². The summed E-state index contributed by atoms with van der Waals surface area (Å²) < 4.78 is 5.49. The molecule has 4 rings (SSSR count). The summed E-state index contributed by atoms with van der Waals surface area (Å²) >= 11 is 0. The van der Waals surface area contributed by atoms with Crippen LogP contribution in [0.15, 0.2) is 72.9 Å². The average Bonchev–Trinajstić information content (AvgIpc) is 2.83. The maximum Gasteiger partial charge on any atom is 0.254 e. The number of aromatic nitrogens is 1. The number of carbonyl (C=O) groups excluding carboxylic acids is 1. The molecule has 1 aliphatic rings. The smallest absolute Gasteiger partial charge is 0.254 e. The molecule has 0 unspecified atom stereocenters. The molecule has 152 valence electrons. The van der Waals surface area contributed by atoms with Crippen LogP contribution in [0.25, 0.3) is 12.2 Å². The summed E-state index contributed by atoms with van der Waals surface area (Å²) in [5.74, 6) is 1.76. The summed E-state index contributed by atoms with van der Waals surface area (Å²) in [6.45, 7) is 2.91. The van der Waals surface area contributed by atoms with E-state index in [1.807, 2.05) is 83.8 Å². The molecule has 0 radical (unpaired) electrons. The minimum atomic E-state index is 0.0488. The van der Waals surface area contributed by atoms with Crippen molar-refractivity contribution in [2.24, 2.45) is 0 Å². The zero-order valence-corrected chi connectivity index (χ0v) is 17.1. The van der Waals surface area contributed by atoms with Gasteiger partial charge in [-0.2, -0.15) is 0 Å². The molecule has 3 aromatic rings. The van der Waals surface area contributed by atoms with Crippen LogP contribution in [0.3, 0.4) is 0 Å². The number of benzene rings is 2. The standard InChI is InChI=1S/C25H25N3O2/c1-30-23-13-12-22(19-21(23)11-10-20-7-3-2-4-8-20)25(29)28-17-15-27(16-18-28)24-9-5-6-14-26-24/h2-14,19H,15-18H2,1H3/b11-10+. The molecule has 1 amide bonds. The van der Waals surface area contributed by atoms with Crippen molar-refractivity contribution >= 4 is 23.9 Å². The first-order chi connectivity index (χ1) is 14.7. The summed E-state index contributed by atoms with van der Waals surface area (Å²) in [7, 11) is 1.65. The van der Waals surface area contributed by atoms with Crippen molar-refractivity contribution in [2.45, 2.75) is 0 Å². The summed E-state index contributed by atoms with van der Waals surface area (Å²) in [5, 5.41) is 0. The summed E-state index contributed by atoms with van der Waals surface area (Å²) in [6, 6.07) is 21.6. The van der Waals surface area contributed by atoms with Gasteiger partial charge in [0.15, 0.2) is 0 Å². The lowest BCUT2D eigenvalue weighted by atomic mass is 10.1. The highest BCUT2D eigenvalue weighted by Crippen LogP contribution is 2.24. The van der Waals surface area contributed by atoms with Crippen molar-refractivity contribution in [2.75, 3.05) is 38.2 Å². The van der Waals surface area contributed by atoms with Gasteiger partial charge in [-0.3, -0.25) is 4.79 Å². The third kappa shape index (κ3) is 4.51. The molecular formula is C25H25N3O2. The number of rotatable bonds is 5. The maximum absolute atomic E-state index is 13.1. The topological polar surface area (TPSA) is 45.7 Å². The van der Waals surface area contributed by atoms with Crippen molar-refractivity contribution in [1.29, 1.82) is 0 Å². The molecule has 0 atom stereocenters. The van der Waals surface area contributed by atoms with E-state index in [4.69, 9.17) is 4.74 Å². The minimum absolute atomic E-state index is 0.0488. The number of hydrogen-bond acceptors (Lipinski definition) is 4. The van der Waals surface area contributed by atoms with Gasteiger partial charge < -0.3 is 14.5 Å². The van der Waals surface area contributed by atoms with Crippen molar-refractivity contribution < 1.29 is 9.53 Å². The molecule has 1 saturated heterocycles. The third-order valence-electron chi connectivity index (χ3n) is 5.27. The number of ether oxygens (including phenoxy) is 1. The molecule has 5 nitrogen and oxygen atoms in total. The number of piperazine rings is 1. The second kappa shape index (κ2) is 9.27. The van der Waals surface area contributed by atoms with Crippen LogP contribution in [0.4, 0.5) is 5.82 Å². The highest BCUT2D eigenvalue weighted by atomic mass is 16.5. The Kier molecular flexibility index (Phi) is 6.09. The first-order valence-electron chi connectivity index (χ1n) is 10.1. The summed E-state index contributed by atoms with van der Waals surface area (Å²) in [4.78, 5) is 21.6. The number of pyridine rings is 1. The normalized spacial score (nSPS) is 14.2. The fraction of sp³-hybridized carbons (Fsp3) is 0.200. The Morgan fingerprint density at radius 3 is 2.40 bits per heavy atom. The monoisotopic (exact) mass is 399 g/mol. The van der Waals surface area contributed by atoms with E-state index in [-0.39, 0.29) is 5.91 Å². The number of methoxy groups -OCH3 is 1. The molecule has 0 bridgehead atoms. The number of hydrogen-bond donors (Lipinski definition) is 0. The molecular weight excluding hydrogens is 374 g/mol. The van der Waals surface area contributed by atoms with E-state index < -0.39 is 0 Å². The highest BCUT2D eigenvalue weighted by molar-refractivity contribution is 5.95. The van der Waals surface area contributed by atoms with Crippen LogP contribution in [0.5, 0.6) is 5.75 Å². The second-order valence-corrected chi connectivity index (χ2v) is 7.17. The quantitative estimate of drug-likeness (QED) is 0.603. The second-order valence-electron chi connectivity index (χ2n) is 7.17. The summed E-state index contributed by atoms with van der Waals surface area (Å²) in [5.41, 5.74) is 2.66. The first-order valence-corrected chi connectivity index (χ1v) is 10.1. The Bertz CT molecular complexity index is 1010. The van der Waals surface area contributed by atoms with E-state index >= 15 is 0 Å². The van der Waals surface area contributed by atoms with E-state index in [1.54, 1.807) is 13.3 Å². The third-order valence-corrected chi connectivity index (χ3v) is 5.27. The number of anilines is 1. The van der Waals surface area contributed by atoms with Crippen LogP contribution in [-0.2, 0) is 0 Å². The van der Waals surface area contributed by atoms with Gasteiger partial charge >= 0.3 is 0 Å². The zero-order chi connectivity index (χ0) is 20.8. The lowest BCUT2D eigenvalue weighted by molar-refractivity contribution is 0.0746. The van der Waals surface area contributed by atoms with Gasteiger partial charge in [0.2, 0.25) is 0 Å². The first kappa shape index (κ1) is 19.7. The van der Waals surface area contributed by atoms with Gasteiger partial charge in [0, 0.05) is 43.5 Å². The van der Waals surface area contributed by atoms with Crippen LogP contribution < -0.4 is 9.64 Å². The van der Waals surface area contributed by atoms with Crippen molar-refractivity contribution in [3.05, 3.63) is 89.6 Å². The van der Waals surface area contributed by atoms with Crippen molar-refractivity contribution in [3.8, 4) is 5.75 Å². The van der Waals surface area contributed by atoms with Crippen LogP contribution >= 0.6 is 0 Å². The molecule has 30 heavy (non-hydrogen) atoms. The molecule has 2 heterocycles. The van der Waals surface area contributed by atoms with Crippen LogP contribution in [0.1, 0.15) is 21.5 Å². The average molecular weight is 399 g/mol. The molecule has 1 aromatic heterocycles. The van der Waals surface area contributed by atoms with E-state index in [0.717, 1.165) is 35.8 Å². The fourth-order valence-electron chi connectivity index (χ4n) is 3.61. The maximum atomic E-state index is 13.1. The predicted octanol–water partition coefficient (Wildman–Crippen LogP) is 4.22. The van der Waals surface area contributed by atoms with Gasteiger partial charge in [0.1, 0.15) is 11.6 Å². The summed E-state index contributed by atoms with van der Waals surface area (Å²) in [6.07, 6.45) is 5.82. The molecule has 1 aliphatic heterocycles. The van der Waals surface area contributed by atoms with Crippen LogP contribution in [0, 0.1) is 0 Å². The lowest BCUT2D eigenvalue weighted by Crippen LogP contribution is -2.49. The molecule has 0 aliphatic carbocycles. The van der Waals surface area contributed by atoms with Gasteiger partial charge in [-0.05, 0) is 35.9 Å². The minimum Gasteiger partial charge on any atom is -0.496 e. The van der Waals surface area contributed by atoms with Gasteiger partial charge in [-0.25, -0.2) is 4.98 Å². The molecule has 0 spiro atoms. The fourth-order valence-corrected chi connectivity index (χ4v) is 3.61. The number of amides is 1. The Hall–Kier alpha value is -3.60. The van der Waals surface area contributed by atoms with E-state index in [0.29, 0.717) is 18.7 Å². The molecule has 5 heteroatoms. The SMILES string of the molecule is COc1ccc(C(=O)N2CCN(c3ccccn3)CC2)cc1/C=C/c1ccccc1. The molecule has 0 N–H and O–H groups in total. The van der Waals surface area contributed by atoms with Gasteiger partial charge in [0.25, 0.3) is 5.91 Å². The number of carbonyl (C=O) groups is 1. The molecule has 0 saturated carbocycles. The largest absolute Gasteiger partial charge is 0.496 e. The van der Waals surface area contributed by atoms with E-state index in [1.165, 1.54) is 0 Å². The van der Waals surface area contributed by atoms with Gasteiger partial charge in [-0.1, -0.05) is 48.6 Å². The number of nitrogens with zero attached hydrogens (tertiary/aromatic N) is 3. The van der Waals surface area contributed by atoms with Crippen LogP contribution in [-0.4, -0.2) is 49.1 Å². The lowest BCUT2D eigenvalue weighted by Gasteiger charge is -2.35. The van der Waals surface area contributed by atoms with E-state index in [9.17, 15) is 4.79 Å². The van der Waals surface area contributed by atoms with Crippen molar-refractivity contribution in [3.63, 3.8) is 0 Å². The molecule has 2 aromatic carbocycles. The predicted molar refractivity (Wildman–Crippen MR) is 121 cm³/mol. The Labute approximate surface area is 177 Å². The van der Waals surface area contributed by atoms with Gasteiger partial charge in [0.05, 0.1) is 7.11 Å². The Balaban J connectivity index is 1.47. The van der Waals surface area contributed by atoms with Gasteiger partial charge in [-0.15, -0.1) is 0 Å². The zero-order valence-electron chi connectivity index (χ0n) is 17.1. The molecule has 1 fully saturated rings. The Morgan fingerprint density at radius 1 is 0.933 bits per heavy atom. The van der Waals surface area contributed by atoms with Crippen LogP contribution in [0.2, 0.25) is 0 Å². The Morgan fingerprint density at radius 2 is 1.70 bits per heavy atom. The highest BCUT2D eigenvalue weighted by Gasteiger charge is 2.23. The van der Waals surface area contributed by atoms with Crippen molar-refractivity contribution in [1.82, 2.24) is 9.88 Å².